The number of hydrogen-bond donors (Lipinski definition) is 1. The molecule has 4 heterocycles. The molecule has 1 saturated heterocycles. The molecule has 0 aliphatic carbocycles. The number of carbonyl (C=O) groups is 1. The van der Waals surface area contributed by atoms with Gasteiger partial charge in [0.05, 0.1) is 5.69 Å². The van der Waals surface area contributed by atoms with E-state index in [-0.39, 0.29) is 11.5 Å². The molecule has 1 aromatic carbocycles. The molecule has 3 aromatic heterocycles. The number of rotatable bonds is 6. The van der Waals surface area contributed by atoms with Gasteiger partial charge in [-0.3, -0.25) is 19.1 Å². The van der Waals surface area contributed by atoms with E-state index in [0.717, 1.165) is 53.9 Å². The first-order valence-electron chi connectivity index (χ1n) is 13.6. The quantitative estimate of drug-likeness (QED) is 0.399. The van der Waals surface area contributed by atoms with Gasteiger partial charge in [0.25, 0.3) is 11.5 Å². The Morgan fingerprint density at radius 1 is 1.15 bits per heavy atom. The zero-order valence-electron chi connectivity index (χ0n) is 23.7. The molecule has 8 heteroatoms. The summed E-state index contributed by atoms with van der Waals surface area (Å²) in [4.78, 5) is 34.0. The highest BCUT2D eigenvalue weighted by molar-refractivity contribution is 5.94. The van der Waals surface area contributed by atoms with Crippen LogP contribution in [0.25, 0.3) is 16.7 Å². The van der Waals surface area contributed by atoms with Crippen molar-refractivity contribution in [2.75, 3.05) is 33.0 Å². The van der Waals surface area contributed by atoms with Crippen LogP contribution in [0.5, 0.6) is 0 Å². The van der Waals surface area contributed by atoms with E-state index in [2.05, 4.69) is 52.8 Å². The Morgan fingerprint density at radius 2 is 1.95 bits per heavy atom. The van der Waals surface area contributed by atoms with Crippen LogP contribution >= 0.6 is 0 Å². The van der Waals surface area contributed by atoms with E-state index in [4.69, 9.17) is 0 Å². The number of anilines is 1. The van der Waals surface area contributed by atoms with Gasteiger partial charge < -0.3 is 14.8 Å². The summed E-state index contributed by atoms with van der Waals surface area (Å²) in [6.45, 7) is 6.25. The normalized spacial score (nSPS) is 17.9. The molecule has 1 N–H and O–H groups in total. The topological polar surface area (TPSA) is 75.4 Å². The maximum atomic E-state index is 12.8. The summed E-state index contributed by atoms with van der Waals surface area (Å²) in [5.41, 5.74) is 6.90. The number of likely N-dealkylation sites (tertiary alicyclic amines) is 1. The Labute approximate surface area is 229 Å². The van der Waals surface area contributed by atoms with Gasteiger partial charge in [-0.25, -0.2) is 4.98 Å². The van der Waals surface area contributed by atoms with Gasteiger partial charge in [-0.1, -0.05) is 6.07 Å². The SMILES string of the molecule is CNc1ccn(-c2ccnc3c2cc(CN2CCC(c4ccc(C(=O)N(C)C)cc4C)C[C@@H]2C)n3C)c(=O)c1. The third-order valence-electron chi connectivity index (χ3n) is 8.21. The molecule has 1 aliphatic rings. The number of carbonyl (C=O) groups excluding carboxylic acids is 1. The average Bonchev–Trinajstić information content (AvgIpc) is 3.24. The number of benzene rings is 1. The molecule has 1 amide bonds. The molecule has 0 saturated carbocycles. The third kappa shape index (κ3) is 5.08. The second-order valence-electron chi connectivity index (χ2n) is 10.9. The van der Waals surface area contributed by atoms with Gasteiger partial charge in [0.15, 0.2) is 0 Å². The predicted molar refractivity (Wildman–Crippen MR) is 157 cm³/mol. The number of pyridine rings is 2. The summed E-state index contributed by atoms with van der Waals surface area (Å²) < 4.78 is 3.83. The van der Waals surface area contributed by atoms with Gasteiger partial charge >= 0.3 is 0 Å². The highest BCUT2D eigenvalue weighted by Crippen LogP contribution is 2.35. The molecule has 5 rings (SSSR count). The summed E-state index contributed by atoms with van der Waals surface area (Å²) in [5.74, 6) is 0.522. The smallest absolute Gasteiger partial charge is 0.257 e. The summed E-state index contributed by atoms with van der Waals surface area (Å²) in [6, 6.07) is 14.2. The molecule has 4 aromatic rings. The molecule has 1 fully saturated rings. The zero-order chi connectivity index (χ0) is 27.8. The minimum absolute atomic E-state index is 0.0419. The largest absolute Gasteiger partial charge is 0.388 e. The molecular weight excluding hydrogens is 488 g/mol. The van der Waals surface area contributed by atoms with Crippen LogP contribution in [0.15, 0.2) is 59.7 Å². The van der Waals surface area contributed by atoms with Gasteiger partial charge in [0, 0.05) is 81.6 Å². The van der Waals surface area contributed by atoms with Crippen molar-refractivity contribution < 1.29 is 4.79 Å². The number of piperidine rings is 1. The second-order valence-corrected chi connectivity index (χ2v) is 10.9. The Bertz CT molecular complexity index is 1580. The van der Waals surface area contributed by atoms with Crippen molar-refractivity contribution in [1.82, 2.24) is 23.9 Å². The van der Waals surface area contributed by atoms with Gasteiger partial charge in [-0.15, -0.1) is 0 Å². The van der Waals surface area contributed by atoms with Crippen molar-refractivity contribution >= 4 is 22.6 Å². The number of aromatic nitrogens is 3. The van der Waals surface area contributed by atoms with E-state index in [0.29, 0.717) is 12.0 Å². The Balaban J connectivity index is 1.35. The maximum Gasteiger partial charge on any atom is 0.257 e. The van der Waals surface area contributed by atoms with Gasteiger partial charge in [0.1, 0.15) is 5.65 Å². The van der Waals surface area contributed by atoms with Crippen molar-refractivity contribution in [3.63, 3.8) is 0 Å². The van der Waals surface area contributed by atoms with E-state index in [9.17, 15) is 9.59 Å². The fraction of sp³-hybridized carbons (Fsp3) is 0.387. The number of nitrogens with one attached hydrogen (secondary N) is 1. The van der Waals surface area contributed by atoms with Crippen LogP contribution in [0.3, 0.4) is 0 Å². The first-order valence-corrected chi connectivity index (χ1v) is 13.6. The molecular formula is C31H38N6O2. The summed E-state index contributed by atoms with van der Waals surface area (Å²) in [7, 11) is 7.44. The molecule has 1 unspecified atom stereocenters. The highest BCUT2D eigenvalue weighted by atomic mass is 16.2. The van der Waals surface area contributed by atoms with Gasteiger partial charge in [-0.05, 0) is 80.6 Å². The fourth-order valence-corrected chi connectivity index (χ4v) is 5.92. The number of amides is 1. The van der Waals surface area contributed by atoms with E-state index in [1.54, 1.807) is 35.8 Å². The molecule has 8 nitrogen and oxygen atoms in total. The third-order valence-corrected chi connectivity index (χ3v) is 8.21. The summed E-state index contributed by atoms with van der Waals surface area (Å²) >= 11 is 0. The number of aryl methyl sites for hydroxylation is 2. The van der Waals surface area contributed by atoms with Crippen LogP contribution < -0.4 is 10.9 Å². The lowest BCUT2D eigenvalue weighted by atomic mass is 9.83. The minimum atomic E-state index is -0.0788. The van der Waals surface area contributed by atoms with E-state index in [1.165, 1.54) is 16.8 Å². The second kappa shape index (κ2) is 10.7. The lowest BCUT2D eigenvalue weighted by Crippen LogP contribution is -2.40. The van der Waals surface area contributed by atoms with Crippen LogP contribution in [0.2, 0.25) is 0 Å². The van der Waals surface area contributed by atoms with Crippen LogP contribution in [0.4, 0.5) is 5.69 Å². The Morgan fingerprint density at radius 3 is 2.62 bits per heavy atom. The number of nitrogens with zero attached hydrogens (tertiary/aromatic N) is 5. The Kier molecular flexibility index (Phi) is 7.32. The minimum Gasteiger partial charge on any atom is -0.388 e. The summed E-state index contributed by atoms with van der Waals surface area (Å²) in [5, 5.41) is 4.00. The average molecular weight is 527 g/mol. The van der Waals surface area contributed by atoms with Crippen LogP contribution in [-0.2, 0) is 13.6 Å². The van der Waals surface area contributed by atoms with E-state index >= 15 is 0 Å². The van der Waals surface area contributed by atoms with Crippen LogP contribution in [0.1, 0.15) is 52.9 Å². The van der Waals surface area contributed by atoms with Crippen LogP contribution in [0, 0.1) is 6.92 Å². The lowest BCUT2D eigenvalue weighted by molar-refractivity contribution is 0.0827. The number of hydrogen-bond acceptors (Lipinski definition) is 5. The van der Waals surface area contributed by atoms with Crippen molar-refractivity contribution in [3.8, 4) is 5.69 Å². The van der Waals surface area contributed by atoms with Crippen molar-refractivity contribution in [2.45, 2.75) is 45.2 Å². The van der Waals surface area contributed by atoms with Gasteiger partial charge in [0.2, 0.25) is 0 Å². The fourth-order valence-electron chi connectivity index (χ4n) is 5.92. The van der Waals surface area contributed by atoms with Crippen molar-refractivity contribution in [3.05, 3.63) is 87.6 Å². The van der Waals surface area contributed by atoms with Crippen molar-refractivity contribution in [1.29, 1.82) is 0 Å². The molecule has 0 radical (unpaired) electrons. The summed E-state index contributed by atoms with van der Waals surface area (Å²) in [6.07, 6.45) is 5.73. The maximum absolute atomic E-state index is 12.8. The number of fused-ring (bicyclic) bond motifs is 1. The molecule has 0 bridgehead atoms. The standard InChI is InChI=1S/C31H38N6O2/c1-20-15-23(31(39)34(4)5)7-8-26(20)22-10-13-36(21(2)16-22)19-25-18-27-28(9-12-33-30(27)35(25)6)37-14-11-24(32-3)17-29(37)38/h7-9,11-12,14-15,17-18,21-22,32H,10,13,16,19H2,1-6H3/t21-,22?/m0/s1. The monoisotopic (exact) mass is 526 g/mol. The Hall–Kier alpha value is -3.91. The van der Waals surface area contributed by atoms with E-state index in [1.807, 2.05) is 37.5 Å². The molecule has 204 valence electrons. The van der Waals surface area contributed by atoms with E-state index < -0.39 is 0 Å². The lowest BCUT2D eigenvalue weighted by Gasteiger charge is -2.38. The molecule has 0 spiro atoms. The molecule has 2 atom stereocenters. The predicted octanol–water partition coefficient (Wildman–Crippen LogP) is 4.54. The highest BCUT2D eigenvalue weighted by Gasteiger charge is 2.28. The first-order chi connectivity index (χ1) is 18.7. The molecule has 1 aliphatic heterocycles. The first kappa shape index (κ1) is 26.7. The molecule has 39 heavy (non-hydrogen) atoms. The van der Waals surface area contributed by atoms with Crippen LogP contribution in [-0.4, -0.2) is 63.6 Å². The van der Waals surface area contributed by atoms with Crippen molar-refractivity contribution in [2.24, 2.45) is 7.05 Å². The zero-order valence-corrected chi connectivity index (χ0v) is 23.7. The van der Waals surface area contributed by atoms with Gasteiger partial charge in [-0.2, -0.15) is 0 Å².